The number of hydrogen-bond donors (Lipinski definition) is 2. The van der Waals surface area contributed by atoms with Gasteiger partial charge in [0.2, 0.25) is 0 Å². The highest BCUT2D eigenvalue weighted by Crippen LogP contribution is 2.15. The van der Waals surface area contributed by atoms with Crippen molar-refractivity contribution in [3.63, 3.8) is 0 Å². The van der Waals surface area contributed by atoms with Crippen molar-refractivity contribution in [2.75, 3.05) is 11.9 Å². The van der Waals surface area contributed by atoms with Gasteiger partial charge >= 0.3 is 11.7 Å². The maximum atomic E-state index is 12.7. The monoisotopic (exact) mass is 427 g/mol. The Morgan fingerprint density at radius 1 is 1.10 bits per heavy atom. The Balaban J connectivity index is 1.83. The minimum atomic E-state index is -0.751. The predicted octanol–water partition coefficient (Wildman–Crippen LogP) is 2.67. The van der Waals surface area contributed by atoms with E-state index in [1.165, 1.54) is 24.3 Å². The van der Waals surface area contributed by atoms with Crippen LogP contribution in [0.4, 0.5) is 5.69 Å². The average Bonchev–Trinajstić information content (AvgIpc) is 2.73. The number of aromatic amines is 1. The molecule has 1 amide bonds. The fourth-order valence-corrected chi connectivity index (χ4v) is 2.91. The van der Waals surface area contributed by atoms with Crippen LogP contribution < -0.4 is 16.6 Å². The second kappa shape index (κ2) is 9.23. The fraction of sp³-hybridized carbons (Fsp3) is 0.143. The molecule has 1 aromatic heterocycles. The van der Waals surface area contributed by atoms with Crippen LogP contribution in [-0.4, -0.2) is 28.0 Å². The standard InChI is InChI=1S/C21H18ClN3O5/c1-2-30-20(28)13-7-9-15(10-8-13)24-18(26)16-11-23-21(29)25(19(16)27)12-14-5-3-4-6-17(14)22/h3-11H,2,12H2,1H3,(H,23,29)(H,24,26). The summed E-state index contributed by atoms with van der Waals surface area (Å²) in [7, 11) is 0. The third-order valence-electron chi connectivity index (χ3n) is 4.25. The Morgan fingerprint density at radius 3 is 2.47 bits per heavy atom. The largest absolute Gasteiger partial charge is 0.462 e. The first kappa shape index (κ1) is 21.1. The SMILES string of the molecule is CCOC(=O)c1ccc(NC(=O)c2c[nH]c(=O)n(Cc3ccccc3Cl)c2=O)cc1. The van der Waals surface area contributed by atoms with Crippen molar-refractivity contribution in [2.24, 2.45) is 0 Å². The molecule has 0 bridgehead atoms. The topological polar surface area (TPSA) is 110 Å². The smallest absolute Gasteiger partial charge is 0.338 e. The third kappa shape index (κ3) is 4.66. The van der Waals surface area contributed by atoms with Crippen molar-refractivity contribution in [1.29, 1.82) is 0 Å². The molecule has 0 fully saturated rings. The number of nitrogens with zero attached hydrogens (tertiary/aromatic N) is 1. The second-order valence-electron chi connectivity index (χ2n) is 6.24. The van der Waals surface area contributed by atoms with Gasteiger partial charge in [0.25, 0.3) is 11.5 Å². The lowest BCUT2D eigenvalue weighted by Gasteiger charge is -2.09. The van der Waals surface area contributed by atoms with E-state index in [9.17, 15) is 19.2 Å². The lowest BCUT2D eigenvalue weighted by Crippen LogP contribution is -2.39. The summed E-state index contributed by atoms with van der Waals surface area (Å²) >= 11 is 6.10. The number of H-pyrrole nitrogens is 1. The van der Waals surface area contributed by atoms with Gasteiger partial charge in [-0.25, -0.2) is 9.59 Å². The van der Waals surface area contributed by atoms with Gasteiger partial charge in [0, 0.05) is 16.9 Å². The Hall–Kier alpha value is -3.65. The molecule has 0 atom stereocenters. The first-order valence-corrected chi connectivity index (χ1v) is 9.43. The summed E-state index contributed by atoms with van der Waals surface area (Å²) in [5.41, 5.74) is -0.373. The molecular formula is C21H18ClN3O5. The van der Waals surface area contributed by atoms with Gasteiger partial charge < -0.3 is 15.0 Å². The van der Waals surface area contributed by atoms with Crippen molar-refractivity contribution in [2.45, 2.75) is 13.5 Å². The molecule has 3 rings (SSSR count). The third-order valence-corrected chi connectivity index (χ3v) is 4.61. The van der Waals surface area contributed by atoms with Crippen molar-refractivity contribution in [3.8, 4) is 0 Å². The van der Waals surface area contributed by atoms with Crippen molar-refractivity contribution < 1.29 is 14.3 Å². The highest BCUT2D eigenvalue weighted by Gasteiger charge is 2.16. The van der Waals surface area contributed by atoms with Gasteiger partial charge in [0.1, 0.15) is 5.56 Å². The number of hydrogen-bond acceptors (Lipinski definition) is 5. The van der Waals surface area contributed by atoms with Crippen LogP contribution in [0.1, 0.15) is 33.2 Å². The molecule has 0 radical (unpaired) electrons. The zero-order chi connectivity index (χ0) is 21.7. The minimum absolute atomic E-state index is 0.0802. The number of carbonyl (C=O) groups excluding carboxylic acids is 2. The number of rotatable bonds is 6. The fourth-order valence-electron chi connectivity index (χ4n) is 2.72. The number of ether oxygens (including phenoxy) is 1. The lowest BCUT2D eigenvalue weighted by atomic mass is 10.2. The Kier molecular flexibility index (Phi) is 6.48. The first-order valence-electron chi connectivity index (χ1n) is 9.05. The van der Waals surface area contributed by atoms with Crippen molar-refractivity contribution in [1.82, 2.24) is 9.55 Å². The number of nitrogens with one attached hydrogen (secondary N) is 2. The molecule has 8 nitrogen and oxygen atoms in total. The summed E-state index contributed by atoms with van der Waals surface area (Å²) in [6.07, 6.45) is 1.07. The molecule has 3 aromatic rings. The van der Waals surface area contributed by atoms with Crippen molar-refractivity contribution in [3.05, 3.63) is 97.3 Å². The molecule has 2 aromatic carbocycles. The summed E-state index contributed by atoms with van der Waals surface area (Å²) in [5, 5.41) is 2.97. The number of carbonyl (C=O) groups is 2. The number of halogens is 1. The summed E-state index contributed by atoms with van der Waals surface area (Å²) in [6, 6.07) is 12.8. The average molecular weight is 428 g/mol. The Bertz CT molecular complexity index is 1200. The Morgan fingerprint density at radius 2 is 1.80 bits per heavy atom. The van der Waals surface area contributed by atoms with Crippen LogP contribution in [0.3, 0.4) is 0 Å². The lowest BCUT2D eigenvalue weighted by molar-refractivity contribution is 0.0526. The molecule has 0 unspecified atom stereocenters. The van der Waals surface area contributed by atoms with E-state index in [1.54, 1.807) is 31.2 Å². The molecule has 0 aliphatic carbocycles. The van der Waals surface area contributed by atoms with Crippen LogP contribution in [0.25, 0.3) is 0 Å². The van der Waals surface area contributed by atoms with E-state index in [1.807, 2.05) is 0 Å². The highest BCUT2D eigenvalue weighted by atomic mass is 35.5. The van der Waals surface area contributed by atoms with Crippen LogP contribution in [0.15, 0.2) is 64.3 Å². The summed E-state index contributed by atoms with van der Waals surface area (Å²) in [4.78, 5) is 51.5. The van der Waals surface area contributed by atoms with Crippen LogP contribution in [0, 0.1) is 0 Å². The van der Waals surface area contributed by atoms with Crippen LogP contribution >= 0.6 is 11.6 Å². The first-order chi connectivity index (χ1) is 14.4. The summed E-state index contributed by atoms with van der Waals surface area (Å²) in [6.45, 7) is 1.88. The van der Waals surface area contributed by atoms with Gasteiger partial charge in [-0.3, -0.25) is 14.2 Å². The highest BCUT2D eigenvalue weighted by molar-refractivity contribution is 6.31. The van der Waals surface area contributed by atoms with Crippen LogP contribution in [0.5, 0.6) is 0 Å². The molecule has 2 N–H and O–H groups in total. The van der Waals surface area contributed by atoms with Crippen LogP contribution in [0.2, 0.25) is 5.02 Å². The molecule has 0 saturated heterocycles. The summed E-state index contributed by atoms with van der Waals surface area (Å²) < 4.78 is 5.80. The van der Waals surface area contributed by atoms with Gasteiger partial charge in [-0.1, -0.05) is 29.8 Å². The van der Waals surface area contributed by atoms with E-state index < -0.39 is 23.1 Å². The maximum absolute atomic E-state index is 12.7. The van der Waals surface area contributed by atoms with E-state index in [-0.39, 0.29) is 18.7 Å². The number of amides is 1. The molecular weight excluding hydrogens is 410 g/mol. The van der Waals surface area contributed by atoms with E-state index >= 15 is 0 Å². The predicted molar refractivity (Wildman–Crippen MR) is 112 cm³/mol. The van der Waals surface area contributed by atoms with E-state index in [4.69, 9.17) is 16.3 Å². The minimum Gasteiger partial charge on any atom is -0.462 e. The quantitative estimate of drug-likeness (QED) is 0.587. The molecule has 0 saturated carbocycles. The van der Waals surface area contributed by atoms with Gasteiger partial charge in [-0.15, -0.1) is 0 Å². The Labute approximate surface area is 176 Å². The van der Waals surface area contributed by atoms with Crippen LogP contribution in [-0.2, 0) is 11.3 Å². The molecule has 1 heterocycles. The molecule has 0 aliphatic heterocycles. The summed E-state index contributed by atoms with van der Waals surface area (Å²) in [5.74, 6) is -1.17. The van der Waals surface area contributed by atoms with Gasteiger partial charge in [0.15, 0.2) is 0 Å². The number of aromatic nitrogens is 2. The number of esters is 1. The normalized spacial score (nSPS) is 10.5. The molecule has 154 valence electrons. The van der Waals surface area contributed by atoms with Gasteiger partial charge in [0.05, 0.1) is 18.7 Å². The maximum Gasteiger partial charge on any atom is 0.338 e. The molecule has 0 spiro atoms. The zero-order valence-corrected chi connectivity index (χ0v) is 16.7. The van der Waals surface area contributed by atoms with E-state index in [2.05, 4.69) is 10.3 Å². The number of benzene rings is 2. The van der Waals surface area contributed by atoms with Gasteiger partial charge in [-0.05, 0) is 42.8 Å². The second-order valence-corrected chi connectivity index (χ2v) is 6.65. The molecule has 0 aliphatic rings. The number of anilines is 1. The van der Waals surface area contributed by atoms with Gasteiger partial charge in [-0.2, -0.15) is 0 Å². The zero-order valence-electron chi connectivity index (χ0n) is 16.0. The molecule has 9 heteroatoms. The van der Waals surface area contributed by atoms with E-state index in [0.717, 1.165) is 10.8 Å². The molecule has 30 heavy (non-hydrogen) atoms. The van der Waals surface area contributed by atoms with E-state index in [0.29, 0.717) is 21.8 Å². The van der Waals surface area contributed by atoms with Crippen molar-refractivity contribution >= 4 is 29.2 Å².